The lowest BCUT2D eigenvalue weighted by Gasteiger charge is -2.10. The van der Waals surface area contributed by atoms with Crippen molar-refractivity contribution in [3.05, 3.63) is 31.1 Å². The third-order valence-corrected chi connectivity index (χ3v) is 6.39. The summed E-state index contributed by atoms with van der Waals surface area (Å²) in [6, 6.07) is 4.11. The zero-order valence-electron chi connectivity index (χ0n) is 8.40. The standard InChI is InChI=1S/C12H7Br3O/c1-2-5-8-6(3-4-7-12(8)16-7)10(14)11(15)9(5)13/h3-4H,2H2,1H3. The van der Waals surface area contributed by atoms with Gasteiger partial charge in [0.05, 0.1) is 0 Å². The van der Waals surface area contributed by atoms with E-state index in [4.69, 9.17) is 4.74 Å². The Hall–Kier alpha value is -0.0600. The van der Waals surface area contributed by atoms with Crippen molar-refractivity contribution in [2.75, 3.05) is 0 Å². The van der Waals surface area contributed by atoms with Gasteiger partial charge >= 0.3 is 0 Å². The quantitative estimate of drug-likeness (QED) is 0.368. The highest BCUT2D eigenvalue weighted by Crippen LogP contribution is 2.55. The molecule has 0 aromatic heterocycles. The molecule has 0 spiro atoms. The van der Waals surface area contributed by atoms with Crippen molar-refractivity contribution in [1.82, 2.24) is 0 Å². The molecular weight excluding hydrogens is 400 g/mol. The van der Waals surface area contributed by atoms with E-state index in [-0.39, 0.29) is 0 Å². The molecule has 0 radical (unpaired) electrons. The van der Waals surface area contributed by atoms with Crippen LogP contribution in [0.3, 0.4) is 0 Å². The molecule has 82 valence electrons. The molecule has 4 heteroatoms. The van der Waals surface area contributed by atoms with E-state index in [2.05, 4.69) is 60.8 Å². The molecule has 2 aromatic rings. The Morgan fingerprint density at radius 1 is 1.06 bits per heavy atom. The first-order valence-corrected chi connectivity index (χ1v) is 7.33. The molecule has 0 N–H and O–H groups in total. The summed E-state index contributed by atoms with van der Waals surface area (Å²) in [5, 5.41) is 2.42. The van der Waals surface area contributed by atoms with Crippen LogP contribution in [0.25, 0.3) is 10.8 Å². The fraction of sp³-hybridized carbons (Fsp3) is 0.167. The van der Waals surface area contributed by atoms with Crippen LogP contribution in [0.15, 0.2) is 25.6 Å². The molecule has 1 heterocycles. The summed E-state index contributed by atoms with van der Waals surface area (Å²) in [4.78, 5) is 0. The molecule has 0 unspecified atom stereocenters. The summed E-state index contributed by atoms with van der Waals surface area (Å²) in [5.41, 5.74) is 1.29. The fourth-order valence-corrected chi connectivity index (χ4v) is 3.93. The molecule has 0 aliphatic carbocycles. The normalized spacial score (nSPS) is 12.5. The van der Waals surface area contributed by atoms with E-state index in [0.717, 1.165) is 31.3 Å². The summed E-state index contributed by atoms with van der Waals surface area (Å²) in [6.07, 6.45) is 0.975. The first-order chi connectivity index (χ1) is 7.65. The van der Waals surface area contributed by atoms with E-state index in [1.165, 1.54) is 16.3 Å². The van der Waals surface area contributed by atoms with Gasteiger partial charge in [-0.05, 0) is 71.9 Å². The van der Waals surface area contributed by atoms with E-state index < -0.39 is 0 Å². The SMILES string of the molecule is CCc1c(Br)c(Br)c(Br)c2ccc3c(c12)O3. The molecular formula is C12H7Br3O. The van der Waals surface area contributed by atoms with E-state index in [1.54, 1.807) is 0 Å². The van der Waals surface area contributed by atoms with E-state index in [0.29, 0.717) is 0 Å². The number of rotatable bonds is 1. The first-order valence-electron chi connectivity index (χ1n) is 4.95. The molecule has 0 saturated heterocycles. The lowest BCUT2D eigenvalue weighted by molar-refractivity contribution is 0.653. The Labute approximate surface area is 119 Å². The van der Waals surface area contributed by atoms with Crippen LogP contribution in [0.2, 0.25) is 0 Å². The number of aryl methyl sites for hydroxylation is 1. The number of hydrogen-bond acceptors (Lipinski definition) is 1. The summed E-state index contributed by atoms with van der Waals surface area (Å²) in [5.74, 6) is 2.03. The van der Waals surface area contributed by atoms with Crippen molar-refractivity contribution >= 4 is 58.6 Å². The number of fused-ring (bicyclic) bond motifs is 3. The molecule has 3 rings (SSSR count). The lowest BCUT2D eigenvalue weighted by atomic mass is 10.0. The van der Waals surface area contributed by atoms with Gasteiger partial charge in [0.25, 0.3) is 0 Å². The highest BCUT2D eigenvalue weighted by Gasteiger charge is 2.27. The molecule has 0 amide bonds. The third-order valence-electron chi connectivity index (χ3n) is 2.83. The van der Waals surface area contributed by atoms with Gasteiger partial charge in [0.1, 0.15) is 0 Å². The minimum Gasteiger partial charge on any atom is -0.449 e. The largest absolute Gasteiger partial charge is 0.449 e. The van der Waals surface area contributed by atoms with Crippen molar-refractivity contribution in [2.45, 2.75) is 13.3 Å². The fourth-order valence-electron chi connectivity index (χ4n) is 2.00. The highest BCUT2D eigenvalue weighted by atomic mass is 79.9. The molecule has 1 aliphatic rings. The van der Waals surface area contributed by atoms with E-state index in [9.17, 15) is 0 Å². The second-order valence-corrected chi connectivity index (χ2v) is 6.07. The van der Waals surface area contributed by atoms with Crippen molar-refractivity contribution in [3.8, 4) is 11.5 Å². The Morgan fingerprint density at radius 2 is 1.81 bits per heavy atom. The average Bonchev–Trinajstić information content (AvgIpc) is 3.06. The summed E-state index contributed by atoms with van der Waals surface area (Å²) >= 11 is 10.9. The zero-order valence-corrected chi connectivity index (χ0v) is 13.2. The Bertz CT molecular complexity index is 620. The van der Waals surface area contributed by atoms with Crippen LogP contribution in [0.5, 0.6) is 11.5 Å². The Kier molecular flexibility index (Phi) is 2.57. The maximum Gasteiger partial charge on any atom is 0.178 e. The van der Waals surface area contributed by atoms with Gasteiger partial charge in [-0.2, -0.15) is 0 Å². The van der Waals surface area contributed by atoms with Crippen LogP contribution in [-0.4, -0.2) is 0 Å². The van der Waals surface area contributed by atoms with Gasteiger partial charge in [-0.15, -0.1) is 0 Å². The van der Waals surface area contributed by atoms with Crippen molar-refractivity contribution in [1.29, 1.82) is 0 Å². The predicted molar refractivity (Wildman–Crippen MR) is 76.5 cm³/mol. The second-order valence-electron chi connectivity index (χ2n) is 3.69. The monoisotopic (exact) mass is 404 g/mol. The zero-order chi connectivity index (χ0) is 11.4. The highest BCUT2D eigenvalue weighted by molar-refractivity contribution is 9.14. The maximum atomic E-state index is 5.49. The number of ether oxygens (including phenoxy) is 1. The molecule has 0 saturated carbocycles. The van der Waals surface area contributed by atoms with Gasteiger partial charge in [-0.3, -0.25) is 0 Å². The summed E-state index contributed by atoms with van der Waals surface area (Å²) in [6.45, 7) is 2.15. The van der Waals surface area contributed by atoms with Gasteiger partial charge in [0.15, 0.2) is 11.5 Å². The molecule has 2 aromatic carbocycles. The van der Waals surface area contributed by atoms with Crippen molar-refractivity contribution < 1.29 is 4.74 Å². The molecule has 1 nitrogen and oxygen atoms in total. The Balaban J connectivity index is 2.54. The molecule has 0 bridgehead atoms. The van der Waals surface area contributed by atoms with Gasteiger partial charge in [-0.25, -0.2) is 0 Å². The minimum atomic E-state index is 0.975. The predicted octanol–water partition coefficient (Wildman–Crippen LogP) is 5.80. The van der Waals surface area contributed by atoms with Crippen LogP contribution >= 0.6 is 47.8 Å². The van der Waals surface area contributed by atoms with Gasteiger partial charge < -0.3 is 4.74 Å². The van der Waals surface area contributed by atoms with Crippen LogP contribution in [0, 0.1) is 0 Å². The average molecular weight is 407 g/mol. The van der Waals surface area contributed by atoms with Crippen LogP contribution < -0.4 is 4.74 Å². The number of halogens is 3. The molecule has 0 atom stereocenters. The van der Waals surface area contributed by atoms with Gasteiger partial charge in [0, 0.05) is 24.2 Å². The van der Waals surface area contributed by atoms with Crippen LogP contribution in [0.1, 0.15) is 12.5 Å². The third kappa shape index (κ3) is 1.39. The first kappa shape index (κ1) is 11.1. The van der Waals surface area contributed by atoms with Crippen LogP contribution in [0.4, 0.5) is 0 Å². The Morgan fingerprint density at radius 3 is 2.50 bits per heavy atom. The maximum absolute atomic E-state index is 5.49. The molecule has 1 aliphatic heterocycles. The van der Waals surface area contributed by atoms with Crippen molar-refractivity contribution in [3.63, 3.8) is 0 Å². The minimum absolute atomic E-state index is 0.975. The van der Waals surface area contributed by atoms with Crippen molar-refractivity contribution in [2.24, 2.45) is 0 Å². The summed E-state index contributed by atoms with van der Waals surface area (Å²) in [7, 11) is 0. The summed E-state index contributed by atoms with van der Waals surface area (Å²) < 4.78 is 8.74. The van der Waals surface area contributed by atoms with Gasteiger partial charge in [0.2, 0.25) is 0 Å². The van der Waals surface area contributed by atoms with Crippen LogP contribution in [-0.2, 0) is 6.42 Å². The smallest absolute Gasteiger partial charge is 0.178 e. The van der Waals surface area contributed by atoms with E-state index >= 15 is 0 Å². The van der Waals surface area contributed by atoms with E-state index in [1.807, 2.05) is 6.07 Å². The molecule has 0 fully saturated rings. The van der Waals surface area contributed by atoms with Gasteiger partial charge in [-0.1, -0.05) is 6.92 Å². The second kappa shape index (κ2) is 3.72. The number of benzene rings is 2. The lowest BCUT2D eigenvalue weighted by Crippen LogP contribution is -1.88. The topological polar surface area (TPSA) is 12.5 Å². The molecule has 16 heavy (non-hydrogen) atoms. The number of hydrogen-bond donors (Lipinski definition) is 0.